The number of ketones is 1. The first kappa shape index (κ1) is 23.8. The van der Waals surface area contributed by atoms with Crippen molar-refractivity contribution in [3.63, 3.8) is 0 Å². The number of nitrogens with zero attached hydrogens (tertiary/aromatic N) is 1. The number of halogens is 1. The van der Waals surface area contributed by atoms with Gasteiger partial charge in [-0.3, -0.25) is 9.59 Å². The minimum Gasteiger partial charge on any atom is -0.507 e. The van der Waals surface area contributed by atoms with E-state index >= 15 is 0 Å². The zero-order chi connectivity index (χ0) is 24.4. The molecule has 0 radical (unpaired) electrons. The third kappa shape index (κ3) is 4.28. The highest BCUT2D eigenvalue weighted by atomic mass is 79.9. The molecule has 1 aliphatic heterocycles. The average Bonchev–Trinajstić information content (AvgIpc) is 3.45. The van der Waals surface area contributed by atoms with Crippen LogP contribution in [0.2, 0.25) is 0 Å². The molecular weight excluding hydrogens is 522 g/mol. The molecule has 0 spiro atoms. The van der Waals surface area contributed by atoms with E-state index in [1.807, 2.05) is 17.5 Å². The van der Waals surface area contributed by atoms with Crippen LogP contribution in [0.1, 0.15) is 22.0 Å². The highest BCUT2D eigenvalue weighted by Crippen LogP contribution is 2.43. The summed E-state index contributed by atoms with van der Waals surface area (Å²) in [4.78, 5) is 28.8. The Kier molecular flexibility index (Phi) is 6.95. The van der Waals surface area contributed by atoms with Crippen molar-refractivity contribution in [1.29, 1.82) is 0 Å². The quantitative estimate of drug-likeness (QED) is 0.251. The van der Waals surface area contributed by atoms with E-state index in [1.165, 1.54) is 37.6 Å². The molecule has 0 aliphatic carbocycles. The number of hydrogen-bond acceptors (Lipinski definition) is 7. The summed E-state index contributed by atoms with van der Waals surface area (Å²) in [7, 11) is 4.58. The minimum absolute atomic E-state index is 0.00541. The van der Waals surface area contributed by atoms with E-state index in [-0.39, 0.29) is 17.9 Å². The Labute approximate surface area is 209 Å². The summed E-state index contributed by atoms with van der Waals surface area (Å²) in [6.45, 7) is 0.227. The van der Waals surface area contributed by atoms with Crippen LogP contribution in [-0.4, -0.2) is 43.0 Å². The predicted molar refractivity (Wildman–Crippen MR) is 132 cm³/mol. The molecule has 1 fully saturated rings. The van der Waals surface area contributed by atoms with Crippen molar-refractivity contribution < 1.29 is 28.9 Å². The van der Waals surface area contributed by atoms with Crippen LogP contribution in [0.5, 0.6) is 17.2 Å². The van der Waals surface area contributed by atoms with Crippen molar-refractivity contribution in [2.45, 2.75) is 12.6 Å². The number of benzene rings is 2. The molecule has 1 unspecified atom stereocenters. The molecule has 4 rings (SSSR count). The van der Waals surface area contributed by atoms with Gasteiger partial charge in [0.2, 0.25) is 0 Å². The normalized spacial score (nSPS) is 17.2. The lowest BCUT2D eigenvalue weighted by molar-refractivity contribution is -0.140. The topological polar surface area (TPSA) is 85.3 Å². The number of amides is 1. The third-order valence-corrected chi connectivity index (χ3v) is 7.08. The number of ether oxygens (including phenoxy) is 3. The Bertz CT molecular complexity index is 1270. The van der Waals surface area contributed by atoms with E-state index in [1.54, 1.807) is 36.4 Å². The summed E-state index contributed by atoms with van der Waals surface area (Å²) < 4.78 is 16.6. The second-order valence-electron chi connectivity index (χ2n) is 7.47. The minimum atomic E-state index is -0.817. The lowest BCUT2D eigenvalue weighted by Gasteiger charge is -2.25. The Hall–Kier alpha value is -3.30. The van der Waals surface area contributed by atoms with E-state index in [0.29, 0.717) is 32.8 Å². The molecule has 2 heterocycles. The number of carbonyl (C=O) groups excluding carboxylic acids is 2. The maximum absolute atomic E-state index is 13.2. The number of aliphatic hydroxyl groups is 1. The first-order chi connectivity index (χ1) is 16.4. The maximum Gasteiger partial charge on any atom is 0.295 e. The van der Waals surface area contributed by atoms with Gasteiger partial charge in [0, 0.05) is 10.4 Å². The average molecular weight is 544 g/mol. The van der Waals surface area contributed by atoms with E-state index in [2.05, 4.69) is 15.9 Å². The summed E-state index contributed by atoms with van der Waals surface area (Å²) in [6.07, 6.45) is 0. The molecule has 0 bridgehead atoms. The van der Waals surface area contributed by atoms with Crippen molar-refractivity contribution in [3.05, 3.63) is 80.0 Å². The maximum atomic E-state index is 13.2. The fourth-order valence-corrected chi connectivity index (χ4v) is 5.20. The number of Topliss-reactive ketones (excluding diaryl/α,β-unsaturated/α-hetero) is 1. The Morgan fingerprint density at radius 3 is 2.32 bits per heavy atom. The van der Waals surface area contributed by atoms with E-state index < -0.39 is 17.7 Å². The standard InChI is InChI=1S/C25H22BrNO6S/c1-31-18-8-7-15(11-17(18)26)23(28)21-22(14-6-9-19(32-2)20(12-14)33-3)27(25(30)24(21)29)13-16-5-4-10-34-16/h4-12,22,28H,13H2,1-3H3/b23-21-. The number of methoxy groups -OCH3 is 3. The third-order valence-electron chi connectivity index (χ3n) is 5.59. The summed E-state index contributed by atoms with van der Waals surface area (Å²) >= 11 is 4.90. The predicted octanol–water partition coefficient (Wildman–Crippen LogP) is 5.16. The molecule has 3 aromatic rings. The van der Waals surface area contributed by atoms with Gasteiger partial charge in [0.15, 0.2) is 11.5 Å². The van der Waals surface area contributed by atoms with Gasteiger partial charge < -0.3 is 24.2 Å². The van der Waals surface area contributed by atoms with Crippen LogP contribution >= 0.6 is 27.3 Å². The molecule has 1 saturated heterocycles. The SMILES string of the molecule is COc1ccc(/C(O)=C2/C(=O)C(=O)N(Cc3cccs3)C2c2ccc(OC)c(OC)c2)cc1Br. The van der Waals surface area contributed by atoms with Crippen molar-refractivity contribution in [2.75, 3.05) is 21.3 Å². The summed E-state index contributed by atoms with van der Waals surface area (Å²) in [6, 6.07) is 13.1. The van der Waals surface area contributed by atoms with Crippen LogP contribution in [0.4, 0.5) is 0 Å². The molecule has 1 N–H and O–H groups in total. The first-order valence-electron chi connectivity index (χ1n) is 10.3. The molecular formula is C25H22BrNO6S. The van der Waals surface area contributed by atoms with Gasteiger partial charge in [0.05, 0.1) is 44.0 Å². The van der Waals surface area contributed by atoms with Crippen LogP contribution < -0.4 is 14.2 Å². The zero-order valence-corrected chi connectivity index (χ0v) is 21.1. The van der Waals surface area contributed by atoms with E-state index in [0.717, 1.165) is 4.88 Å². The molecule has 176 valence electrons. The molecule has 1 aromatic heterocycles. The van der Waals surface area contributed by atoms with Crippen LogP contribution in [0.15, 0.2) is 64.0 Å². The Balaban J connectivity index is 1.89. The summed E-state index contributed by atoms with van der Waals surface area (Å²) in [5.74, 6) is -0.154. The second-order valence-corrected chi connectivity index (χ2v) is 9.36. The van der Waals surface area contributed by atoms with E-state index in [9.17, 15) is 14.7 Å². The second kappa shape index (κ2) is 9.90. The first-order valence-corrected chi connectivity index (χ1v) is 11.9. The number of aliphatic hydroxyl groups excluding tert-OH is 1. The highest BCUT2D eigenvalue weighted by molar-refractivity contribution is 9.10. The number of rotatable bonds is 7. The van der Waals surface area contributed by atoms with Gasteiger partial charge in [-0.05, 0) is 63.3 Å². The molecule has 0 saturated carbocycles. The Morgan fingerprint density at radius 2 is 1.71 bits per heavy atom. The number of thiophene rings is 1. The van der Waals surface area contributed by atoms with Gasteiger partial charge >= 0.3 is 0 Å². The summed E-state index contributed by atoms with van der Waals surface area (Å²) in [5.41, 5.74) is 1.00. The van der Waals surface area contributed by atoms with Gasteiger partial charge in [0.25, 0.3) is 11.7 Å². The van der Waals surface area contributed by atoms with E-state index in [4.69, 9.17) is 14.2 Å². The molecule has 34 heavy (non-hydrogen) atoms. The van der Waals surface area contributed by atoms with Crippen molar-refractivity contribution in [3.8, 4) is 17.2 Å². The molecule has 1 atom stereocenters. The van der Waals surface area contributed by atoms with Gasteiger partial charge in [-0.15, -0.1) is 11.3 Å². The van der Waals surface area contributed by atoms with Crippen LogP contribution in [0.3, 0.4) is 0 Å². The fourth-order valence-electron chi connectivity index (χ4n) is 3.95. The number of hydrogen-bond donors (Lipinski definition) is 1. The van der Waals surface area contributed by atoms with Crippen molar-refractivity contribution >= 4 is 44.7 Å². The van der Waals surface area contributed by atoms with Crippen LogP contribution in [0, 0.1) is 0 Å². The van der Waals surface area contributed by atoms with Gasteiger partial charge in [0.1, 0.15) is 11.5 Å². The molecule has 1 aliphatic rings. The molecule has 2 aromatic carbocycles. The smallest absolute Gasteiger partial charge is 0.295 e. The fraction of sp³-hybridized carbons (Fsp3) is 0.200. The monoisotopic (exact) mass is 543 g/mol. The summed E-state index contributed by atoms with van der Waals surface area (Å²) in [5, 5.41) is 13.2. The molecule has 9 heteroatoms. The lowest BCUT2D eigenvalue weighted by Crippen LogP contribution is -2.28. The lowest BCUT2D eigenvalue weighted by atomic mass is 9.95. The largest absolute Gasteiger partial charge is 0.507 e. The van der Waals surface area contributed by atoms with Crippen LogP contribution in [-0.2, 0) is 16.1 Å². The zero-order valence-electron chi connectivity index (χ0n) is 18.7. The highest BCUT2D eigenvalue weighted by Gasteiger charge is 2.46. The molecule has 7 nitrogen and oxygen atoms in total. The molecule has 1 amide bonds. The van der Waals surface area contributed by atoms with Crippen molar-refractivity contribution in [2.24, 2.45) is 0 Å². The van der Waals surface area contributed by atoms with Crippen LogP contribution in [0.25, 0.3) is 5.76 Å². The van der Waals surface area contributed by atoms with Gasteiger partial charge in [-0.2, -0.15) is 0 Å². The number of likely N-dealkylation sites (tertiary alicyclic amines) is 1. The van der Waals surface area contributed by atoms with Crippen molar-refractivity contribution in [1.82, 2.24) is 4.90 Å². The van der Waals surface area contributed by atoms with Gasteiger partial charge in [-0.25, -0.2) is 0 Å². The number of carbonyl (C=O) groups is 2. The Morgan fingerprint density at radius 1 is 1.00 bits per heavy atom. The van der Waals surface area contributed by atoms with Gasteiger partial charge in [-0.1, -0.05) is 12.1 Å².